The monoisotopic (exact) mass is 235 g/mol. The number of nitrogens with one attached hydrogen (secondary N) is 1. The average Bonchev–Trinajstić information content (AvgIpc) is 2.00. The first-order valence-corrected chi connectivity index (χ1v) is 6.30. The van der Waals surface area contributed by atoms with Crippen LogP contribution in [0.1, 0.15) is 26.7 Å². The van der Waals surface area contributed by atoms with Gasteiger partial charge in [0.2, 0.25) is 5.91 Å². The summed E-state index contributed by atoms with van der Waals surface area (Å²) in [5, 5.41) is 11.0. The van der Waals surface area contributed by atoms with Gasteiger partial charge in [-0.2, -0.15) is 0 Å². The van der Waals surface area contributed by atoms with Crippen molar-refractivity contribution in [2.24, 2.45) is 0 Å². The number of aliphatic carboxylic acids is 1. The molecule has 0 aliphatic carbocycles. The number of hydrogen-bond donors (Lipinski definition) is 2. The van der Waals surface area contributed by atoms with Crippen LogP contribution in [0.2, 0.25) is 0 Å². The van der Waals surface area contributed by atoms with Crippen LogP contribution >= 0.6 is 0 Å². The van der Waals surface area contributed by atoms with E-state index in [1.165, 1.54) is 0 Å². The molecule has 0 aromatic rings. The van der Waals surface area contributed by atoms with Crippen LogP contribution in [0.3, 0.4) is 0 Å². The van der Waals surface area contributed by atoms with Crippen molar-refractivity contribution in [3.63, 3.8) is 0 Å². The minimum atomic E-state index is -1.61. The highest BCUT2D eigenvalue weighted by molar-refractivity contribution is 7.86. The van der Waals surface area contributed by atoms with Crippen molar-refractivity contribution in [1.29, 1.82) is 0 Å². The third kappa shape index (κ3) is 8.11. The Labute approximate surface area is 91.7 Å². The first-order valence-electron chi connectivity index (χ1n) is 4.81. The van der Waals surface area contributed by atoms with E-state index in [9.17, 15) is 13.8 Å². The highest BCUT2D eigenvalue weighted by atomic mass is 32.2. The van der Waals surface area contributed by atoms with Crippen LogP contribution in [0.15, 0.2) is 0 Å². The third-order valence-electron chi connectivity index (χ3n) is 1.71. The first-order chi connectivity index (χ1) is 6.95. The van der Waals surface area contributed by atoms with Gasteiger partial charge >= 0.3 is 5.97 Å². The molecule has 2 N–H and O–H groups in total. The van der Waals surface area contributed by atoms with Crippen LogP contribution in [0.4, 0.5) is 0 Å². The van der Waals surface area contributed by atoms with Crippen molar-refractivity contribution in [2.45, 2.75) is 32.7 Å². The predicted octanol–water partition coefficient (Wildman–Crippen LogP) is 0.124. The van der Waals surface area contributed by atoms with Crippen LogP contribution in [0.5, 0.6) is 0 Å². The average molecular weight is 235 g/mol. The molecule has 0 aromatic carbocycles. The van der Waals surface area contributed by atoms with Crippen LogP contribution in [0, 0.1) is 0 Å². The second-order valence-corrected chi connectivity index (χ2v) is 4.84. The molecule has 0 aromatic heterocycles. The summed E-state index contributed by atoms with van der Waals surface area (Å²) in [6.45, 7) is 3.87. The van der Waals surface area contributed by atoms with Gasteiger partial charge in [0.1, 0.15) is 11.5 Å². The molecule has 88 valence electrons. The fraction of sp³-hybridized carbons (Fsp3) is 0.778. The number of rotatable bonds is 7. The second kappa shape index (κ2) is 7.39. The van der Waals surface area contributed by atoms with Gasteiger partial charge < -0.3 is 10.4 Å². The number of carbonyl (C=O) groups excluding carboxylic acids is 1. The van der Waals surface area contributed by atoms with E-state index >= 15 is 0 Å². The molecule has 2 unspecified atom stereocenters. The third-order valence-corrected chi connectivity index (χ3v) is 2.86. The first kappa shape index (κ1) is 14.1. The Bertz CT molecular complexity index is 254. The Kier molecular flexibility index (Phi) is 6.94. The number of carbonyl (C=O) groups is 2. The number of amides is 1. The normalized spacial score (nSPS) is 14.3. The lowest BCUT2D eigenvalue weighted by molar-refractivity contribution is -0.133. The van der Waals surface area contributed by atoms with E-state index in [1.54, 1.807) is 0 Å². The fourth-order valence-corrected chi connectivity index (χ4v) is 1.91. The van der Waals surface area contributed by atoms with Crippen molar-refractivity contribution >= 4 is 22.7 Å². The molecule has 0 bridgehead atoms. The van der Waals surface area contributed by atoms with Gasteiger partial charge in [0.05, 0.1) is 0 Å². The fourth-order valence-electron chi connectivity index (χ4n) is 1.16. The molecule has 0 rings (SSSR count). The van der Waals surface area contributed by atoms with Gasteiger partial charge in [0.15, 0.2) is 0 Å². The molecule has 0 saturated heterocycles. The van der Waals surface area contributed by atoms with E-state index in [-0.39, 0.29) is 17.7 Å². The van der Waals surface area contributed by atoms with Crippen molar-refractivity contribution in [3.8, 4) is 0 Å². The highest BCUT2D eigenvalue weighted by Gasteiger charge is 2.12. The molecule has 0 saturated carbocycles. The van der Waals surface area contributed by atoms with Gasteiger partial charge in [-0.15, -0.1) is 0 Å². The van der Waals surface area contributed by atoms with Crippen LogP contribution in [-0.4, -0.2) is 38.7 Å². The van der Waals surface area contributed by atoms with E-state index in [0.29, 0.717) is 0 Å². The molecule has 1 amide bonds. The van der Waals surface area contributed by atoms with Crippen LogP contribution in [-0.2, 0) is 20.4 Å². The summed E-state index contributed by atoms with van der Waals surface area (Å²) in [7, 11) is -1.61. The molecule has 0 heterocycles. The molecular weight excluding hydrogens is 218 g/mol. The van der Waals surface area contributed by atoms with E-state index < -0.39 is 22.5 Å². The minimum absolute atomic E-state index is 0.0457. The lowest BCUT2D eigenvalue weighted by atomic mass is 10.2. The molecule has 2 atom stereocenters. The van der Waals surface area contributed by atoms with E-state index in [0.717, 1.165) is 12.8 Å². The zero-order valence-corrected chi connectivity index (χ0v) is 9.80. The van der Waals surface area contributed by atoms with Gasteiger partial charge in [-0.3, -0.25) is 13.8 Å². The van der Waals surface area contributed by atoms with Gasteiger partial charge in [-0.05, 0) is 13.3 Å². The molecule has 0 spiro atoms. The Morgan fingerprint density at radius 3 is 2.47 bits per heavy atom. The van der Waals surface area contributed by atoms with Gasteiger partial charge in [0, 0.05) is 16.8 Å². The Hall–Kier alpha value is -0.910. The molecule has 15 heavy (non-hydrogen) atoms. The summed E-state index contributed by atoms with van der Waals surface area (Å²) in [4.78, 5) is 21.4. The summed E-state index contributed by atoms with van der Waals surface area (Å²) < 4.78 is 11.1. The zero-order valence-electron chi connectivity index (χ0n) is 8.99. The molecule has 0 aliphatic rings. The van der Waals surface area contributed by atoms with Gasteiger partial charge in [0.25, 0.3) is 0 Å². The molecular formula is C9H17NO4S. The van der Waals surface area contributed by atoms with Crippen molar-refractivity contribution in [1.82, 2.24) is 5.32 Å². The number of hydrogen-bond acceptors (Lipinski definition) is 3. The Balaban J connectivity index is 3.83. The molecule has 0 fully saturated rings. The largest absolute Gasteiger partial charge is 0.481 e. The lowest BCUT2D eigenvalue weighted by Gasteiger charge is -2.11. The van der Waals surface area contributed by atoms with Crippen molar-refractivity contribution in [2.75, 3.05) is 11.5 Å². The SMILES string of the molecule is CCCC(C)NC(=O)CS(=O)CC(=O)O. The number of carboxylic acids is 1. The Morgan fingerprint density at radius 2 is 2.00 bits per heavy atom. The maximum atomic E-state index is 11.2. The van der Waals surface area contributed by atoms with Crippen LogP contribution < -0.4 is 5.32 Å². The zero-order chi connectivity index (χ0) is 11.8. The molecule has 5 nitrogen and oxygen atoms in total. The smallest absolute Gasteiger partial charge is 0.316 e. The quantitative estimate of drug-likeness (QED) is 0.656. The lowest BCUT2D eigenvalue weighted by Crippen LogP contribution is -2.36. The highest BCUT2D eigenvalue weighted by Crippen LogP contribution is 1.94. The van der Waals surface area contributed by atoms with Gasteiger partial charge in [-0.1, -0.05) is 13.3 Å². The molecule has 6 heteroatoms. The van der Waals surface area contributed by atoms with Gasteiger partial charge in [-0.25, -0.2) is 0 Å². The predicted molar refractivity (Wildman–Crippen MR) is 58.0 cm³/mol. The molecule has 0 aliphatic heterocycles. The summed E-state index contributed by atoms with van der Waals surface area (Å²) in [5.41, 5.74) is 0. The Morgan fingerprint density at radius 1 is 1.40 bits per heavy atom. The summed E-state index contributed by atoms with van der Waals surface area (Å²) in [6, 6.07) is 0.0457. The second-order valence-electron chi connectivity index (χ2n) is 3.38. The maximum Gasteiger partial charge on any atom is 0.316 e. The van der Waals surface area contributed by atoms with Crippen molar-refractivity contribution < 1.29 is 18.9 Å². The van der Waals surface area contributed by atoms with E-state index in [4.69, 9.17) is 5.11 Å². The summed E-state index contributed by atoms with van der Waals surface area (Å²) in [5.74, 6) is -2.21. The standard InChI is InChI=1S/C9H17NO4S/c1-3-4-7(2)10-8(11)5-15(14)6-9(12)13/h7H,3-6H2,1-2H3,(H,10,11)(H,12,13). The number of carboxylic acid groups (broad SMARTS) is 1. The summed E-state index contributed by atoms with van der Waals surface area (Å²) in [6.07, 6.45) is 1.82. The minimum Gasteiger partial charge on any atom is -0.481 e. The molecule has 0 radical (unpaired) electrons. The summed E-state index contributed by atoms with van der Waals surface area (Å²) >= 11 is 0. The van der Waals surface area contributed by atoms with Crippen molar-refractivity contribution in [3.05, 3.63) is 0 Å². The van der Waals surface area contributed by atoms with E-state index in [1.807, 2.05) is 13.8 Å². The van der Waals surface area contributed by atoms with Crippen LogP contribution in [0.25, 0.3) is 0 Å². The van der Waals surface area contributed by atoms with E-state index in [2.05, 4.69) is 5.32 Å². The topological polar surface area (TPSA) is 83.5 Å². The maximum absolute atomic E-state index is 11.2.